The molecule has 2 aromatic carbocycles. The van der Waals surface area contributed by atoms with Crippen LogP contribution in [0.3, 0.4) is 0 Å². The van der Waals surface area contributed by atoms with Crippen molar-refractivity contribution in [3.8, 4) is 0 Å². The van der Waals surface area contributed by atoms with Crippen LogP contribution in [0.2, 0.25) is 0 Å². The highest BCUT2D eigenvalue weighted by atomic mass is 32.2. The fourth-order valence-corrected chi connectivity index (χ4v) is 5.67. The Hall–Kier alpha value is -2.39. The Bertz CT molecular complexity index is 1080. The first kappa shape index (κ1) is 19.4. The average Bonchev–Trinajstić information content (AvgIpc) is 2.93. The van der Waals surface area contributed by atoms with Crippen LogP contribution in [0.25, 0.3) is 0 Å². The molecule has 27 heavy (non-hydrogen) atoms. The minimum absolute atomic E-state index is 0.0456. The predicted octanol–water partition coefficient (Wildman–Crippen LogP) is 1.71. The summed E-state index contributed by atoms with van der Waals surface area (Å²) in [6.07, 6.45) is 0.362. The summed E-state index contributed by atoms with van der Waals surface area (Å²) in [5, 5.41) is 2.65. The molecule has 9 heteroatoms. The Morgan fingerprint density at radius 2 is 1.85 bits per heavy atom. The van der Waals surface area contributed by atoms with Crippen LogP contribution in [0, 0.1) is 6.92 Å². The van der Waals surface area contributed by atoms with Crippen LogP contribution < -0.4 is 10.0 Å². The first-order chi connectivity index (χ1) is 12.6. The monoisotopic (exact) mass is 408 g/mol. The smallest absolute Gasteiger partial charge is 0.261 e. The summed E-state index contributed by atoms with van der Waals surface area (Å²) in [7, 11) is -6.97. The van der Waals surface area contributed by atoms with Gasteiger partial charge in [0, 0.05) is 17.3 Å². The third-order valence-corrected chi connectivity index (χ3v) is 7.39. The molecule has 1 atom stereocenters. The zero-order valence-electron chi connectivity index (χ0n) is 14.7. The number of amides is 1. The molecule has 1 heterocycles. The molecule has 2 N–H and O–H groups in total. The fraction of sp³-hybridized carbons (Fsp3) is 0.278. The van der Waals surface area contributed by atoms with Gasteiger partial charge in [-0.1, -0.05) is 18.2 Å². The Labute approximate surface area is 158 Å². The van der Waals surface area contributed by atoms with Crippen LogP contribution in [0.1, 0.15) is 22.3 Å². The third-order valence-electron chi connectivity index (χ3n) is 4.24. The van der Waals surface area contributed by atoms with Crippen molar-refractivity contribution < 1.29 is 21.6 Å². The first-order valence-electron chi connectivity index (χ1n) is 8.35. The molecule has 1 fully saturated rings. The number of anilines is 1. The van der Waals surface area contributed by atoms with Crippen LogP contribution in [-0.4, -0.2) is 40.3 Å². The minimum Gasteiger partial charge on any atom is -0.348 e. The highest BCUT2D eigenvalue weighted by molar-refractivity contribution is 7.92. The molecule has 1 aliphatic rings. The topological polar surface area (TPSA) is 109 Å². The van der Waals surface area contributed by atoms with Crippen LogP contribution in [0.15, 0.2) is 53.4 Å². The Kier molecular flexibility index (Phi) is 5.25. The van der Waals surface area contributed by atoms with Gasteiger partial charge in [0.15, 0.2) is 9.84 Å². The van der Waals surface area contributed by atoms with E-state index < -0.39 is 31.8 Å². The molecule has 0 radical (unpaired) electrons. The molecule has 3 rings (SSSR count). The lowest BCUT2D eigenvalue weighted by molar-refractivity contribution is 0.0941. The maximum absolute atomic E-state index is 12.6. The minimum atomic E-state index is -3.86. The third kappa shape index (κ3) is 4.86. The molecular weight excluding hydrogens is 388 g/mol. The second-order valence-electron chi connectivity index (χ2n) is 6.58. The molecule has 7 nitrogen and oxygen atoms in total. The number of sulfonamides is 1. The highest BCUT2D eigenvalue weighted by Gasteiger charge is 2.29. The number of sulfone groups is 1. The molecule has 144 valence electrons. The van der Waals surface area contributed by atoms with Crippen molar-refractivity contribution in [3.05, 3.63) is 59.7 Å². The number of benzene rings is 2. The molecule has 0 saturated carbocycles. The predicted molar refractivity (Wildman–Crippen MR) is 103 cm³/mol. The molecule has 2 aromatic rings. The molecule has 1 amide bonds. The van der Waals surface area contributed by atoms with E-state index in [0.29, 0.717) is 12.1 Å². The summed E-state index contributed by atoms with van der Waals surface area (Å²) in [6.45, 7) is 1.85. The molecule has 0 unspecified atom stereocenters. The van der Waals surface area contributed by atoms with E-state index in [1.54, 1.807) is 18.2 Å². The SMILES string of the molecule is Cc1cccc(NS(=O)(=O)c2cccc(C(=O)N[C@H]3CCS(=O)(=O)C3)c2)c1. The van der Waals surface area contributed by atoms with E-state index in [0.717, 1.165) is 5.56 Å². The second-order valence-corrected chi connectivity index (χ2v) is 10.5. The quantitative estimate of drug-likeness (QED) is 0.783. The normalized spacial score (nSPS) is 18.8. The highest BCUT2D eigenvalue weighted by Crippen LogP contribution is 2.19. The van der Waals surface area contributed by atoms with E-state index in [1.807, 2.05) is 13.0 Å². The Balaban J connectivity index is 1.77. The van der Waals surface area contributed by atoms with E-state index in [-0.39, 0.29) is 22.0 Å². The molecule has 1 aliphatic heterocycles. The Morgan fingerprint density at radius 3 is 2.52 bits per heavy atom. The number of hydrogen-bond donors (Lipinski definition) is 2. The number of carbonyl (C=O) groups is 1. The van der Waals surface area contributed by atoms with Crippen molar-refractivity contribution in [3.63, 3.8) is 0 Å². The summed E-state index contributed by atoms with van der Waals surface area (Å²) in [6, 6.07) is 12.1. The average molecular weight is 409 g/mol. The zero-order chi connectivity index (χ0) is 19.7. The van der Waals surface area contributed by atoms with Gasteiger partial charge in [0.25, 0.3) is 15.9 Å². The van der Waals surface area contributed by atoms with E-state index in [2.05, 4.69) is 10.0 Å². The standard InChI is InChI=1S/C18H20N2O5S2/c1-13-4-2-6-15(10-13)20-27(24,25)17-7-3-5-14(11-17)18(21)19-16-8-9-26(22,23)12-16/h2-7,10-11,16,20H,8-9,12H2,1H3,(H,19,21)/t16-/m0/s1. The molecule has 0 spiro atoms. The van der Waals surface area contributed by atoms with Gasteiger partial charge in [-0.3, -0.25) is 9.52 Å². The van der Waals surface area contributed by atoms with E-state index in [1.165, 1.54) is 24.3 Å². The second kappa shape index (κ2) is 7.32. The van der Waals surface area contributed by atoms with Gasteiger partial charge >= 0.3 is 0 Å². The van der Waals surface area contributed by atoms with Crippen molar-refractivity contribution in [2.45, 2.75) is 24.3 Å². The zero-order valence-corrected chi connectivity index (χ0v) is 16.3. The summed E-state index contributed by atoms with van der Waals surface area (Å²) in [5.74, 6) is -0.539. The number of hydrogen-bond acceptors (Lipinski definition) is 5. The first-order valence-corrected chi connectivity index (χ1v) is 11.7. The number of rotatable bonds is 5. The van der Waals surface area contributed by atoms with Gasteiger partial charge in [-0.2, -0.15) is 0 Å². The molecule has 0 bridgehead atoms. The van der Waals surface area contributed by atoms with Crippen LogP contribution >= 0.6 is 0 Å². The lowest BCUT2D eigenvalue weighted by Crippen LogP contribution is -2.35. The van der Waals surface area contributed by atoms with E-state index in [9.17, 15) is 21.6 Å². The number of carbonyl (C=O) groups excluding carboxylic acids is 1. The van der Waals surface area contributed by atoms with E-state index in [4.69, 9.17) is 0 Å². The van der Waals surface area contributed by atoms with Crippen molar-refractivity contribution in [1.29, 1.82) is 0 Å². The molecule has 0 aliphatic carbocycles. The van der Waals surface area contributed by atoms with Crippen molar-refractivity contribution in [2.24, 2.45) is 0 Å². The maximum Gasteiger partial charge on any atom is 0.261 e. The fourth-order valence-electron chi connectivity index (χ4n) is 2.90. The van der Waals surface area contributed by atoms with Gasteiger partial charge in [0.1, 0.15) is 0 Å². The Morgan fingerprint density at radius 1 is 1.11 bits per heavy atom. The van der Waals surface area contributed by atoms with E-state index >= 15 is 0 Å². The largest absolute Gasteiger partial charge is 0.348 e. The molecular formula is C18H20N2O5S2. The molecule has 1 saturated heterocycles. The van der Waals surface area contributed by atoms with Gasteiger partial charge in [-0.25, -0.2) is 16.8 Å². The summed E-state index contributed by atoms with van der Waals surface area (Å²) in [5.41, 5.74) is 1.50. The lowest BCUT2D eigenvalue weighted by atomic mass is 10.2. The van der Waals surface area contributed by atoms with Crippen molar-refractivity contribution in [2.75, 3.05) is 16.2 Å². The van der Waals surface area contributed by atoms with Crippen molar-refractivity contribution >= 4 is 31.5 Å². The lowest BCUT2D eigenvalue weighted by Gasteiger charge is -2.12. The summed E-state index contributed by atoms with van der Waals surface area (Å²) >= 11 is 0. The van der Waals surface area contributed by atoms with Gasteiger partial charge < -0.3 is 5.32 Å². The van der Waals surface area contributed by atoms with Gasteiger partial charge in [0.05, 0.1) is 16.4 Å². The number of aryl methyl sites for hydroxylation is 1. The summed E-state index contributed by atoms with van der Waals surface area (Å²) in [4.78, 5) is 12.3. The summed E-state index contributed by atoms with van der Waals surface area (Å²) < 4.78 is 50.7. The van der Waals surface area contributed by atoms with Crippen LogP contribution in [-0.2, 0) is 19.9 Å². The van der Waals surface area contributed by atoms with Crippen molar-refractivity contribution in [1.82, 2.24) is 5.32 Å². The van der Waals surface area contributed by atoms with Crippen LogP contribution in [0.5, 0.6) is 0 Å². The number of nitrogens with one attached hydrogen (secondary N) is 2. The van der Waals surface area contributed by atoms with Gasteiger partial charge in [-0.05, 0) is 49.2 Å². The van der Waals surface area contributed by atoms with Gasteiger partial charge in [0.2, 0.25) is 0 Å². The van der Waals surface area contributed by atoms with Crippen LogP contribution in [0.4, 0.5) is 5.69 Å². The molecule has 0 aromatic heterocycles. The van der Waals surface area contributed by atoms with Gasteiger partial charge in [-0.15, -0.1) is 0 Å². The maximum atomic E-state index is 12.6.